The van der Waals surface area contributed by atoms with Crippen LogP contribution in [0.15, 0.2) is 16.7 Å². The van der Waals surface area contributed by atoms with Gasteiger partial charge < -0.3 is 9.73 Å². The van der Waals surface area contributed by atoms with Crippen molar-refractivity contribution < 1.29 is 4.42 Å². The number of nitrogens with zero attached hydrogens (tertiary/aromatic N) is 1. The van der Waals surface area contributed by atoms with Crippen molar-refractivity contribution in [1.82, 2.24) is 10.2 Å². The van der Waals surface area contributed by atoms with Crippen molar-refractivity contribution in [1.29, 1.82) is 0 Å². The molecule has 4 heteroatoms. The van der Waals surface area contributed by atoms with Gasteiger partial charge in [-0.3, -0.25) is 4.90 Å². The van der Waals surface area contributed by atoms with Gasteiger partial charge in [-0.15, -0.1) is 0 Å². The molecule has 1 aromatic heterocycles. The van der Waals surface area contributed by atoms with Gasteiger partial charge in [0.15, 0.2) is 0 Å². The summed E-state index contributed by atoms with van der Waals surface area (Å²) in [5.74, 6) is 2.32. The lowest BCUT2D eigenvalue weighted by Crippen LogP contribution is -2.43. The van der Waals surface area contributed by atoms with Gasteiger partial charge in [0, 0.05) is 35.7 Å². The standard InChI is InChI=1S/C14H24N2OS/c1-4-15-8-13-7-14(17-10-13)9-16-5-6-18-12(3)11(16)2/h7,10-12,15H,4-6,8-9H2,1-3H3. The van der Waals surface area contributed by atoms with Gasteiger partial charge in [-0.1, -0.05) is 13.8 Å². The SMILES string of the molecule is CCNCc1coc(CN2CCSC(C)C2C)c1. The average Bonchev–Trinajstić information content (AvgIpc) is 2.80. The molecule has 0 spiro atoms. The summed E-state index contributed by atoms with van der Waals surface area (Å²) in [5.41, 5.74) is 1.25. The normalized spacial score (nSPS) is 25.5. The fourth-order valence-corrected chi connectivity index (χ4v) is 3.45. The molecular formula is C14H24N2OS. The van der Waals surface area contributed by atoms with E-state index in [1.54, 1.807) is 0 Å². The highest BCUT2D eigenvalue weighted by molar-refractivity contribution is 8.00. The molecule has 1 N–H and O–H groups in total. The molecular weight excluding hydrogens is 244 g/mol. The molecule has 1 fully saturated rings. The Morgan fingerprint density at radius 2 is 2.33 bits per heavy atom. The fourth-order valence-electron chi connectivity index (χ4n) is 2.29. The first-order chi connectivity index (χ1) is 8.70. The third-order valence-corrected chi connectivity index (χ3v) is 5.00. The van der Waals surface area contributed by atoms with Gasteiger partial charge in [-0.25, -0.2) is 0 Å². The monoisotopic (exact) mass is 268 g/mol. The quantitative estimate of drug-likeness (QED) is 0.889. The number of furan rings is 1. The first-order valence-corrected chi connectivity index (χ1v) is 7.88. The largest absolute Gasteiger partial charge is 0.468 e. The van der Waals surface area contributed by atoms with E-state index in [0.29, 0.717) is 6.04 Å². The number of hydrogen-bond donors (Lipinski definition) is 1. The summed E-state index contributed by atoms with van der Waals surface area (Å²) in [7, 11) is 0. The molecule has 0 amide bonds. The minimum Gasteiger partial charge on any atom is -0.468 e. The maximum atomic E-state index is 5.66. The molecule has 0 aromatic carbocycles. The van der Waals surface area contributed by atoms with Crippen LogP contribution in [0, 0.1) is 0 Å². The molecule has 0 bridgehead atoms. The zero-order chi connectivity index (χ0) is 13.0. The van der Waals surface area contributed by atoms with Crippen LogP contribution in [0.1, 0.15) is 32.1 Å². The highest BCUT2D eigenvalue weighted by Gasteiger charge is 2.25. The smallest absolute Gasteiger partial charge is 0.118 e. The molecule has 18 heavy (non-hydrogen) atoms. The van der Waals surface area contributed by atoms with Gasteiger partial charge in [0.25, 0.3) is 0 Å². The third-order valence-electron chi connectivity index (χ3n) is 3.66. The fraction of sp³-hybridized carbons (Fsp3) is 0.714. The highest BCUT2D eigenvalue weighted by Crippen LogP contribution is 2.25. The molecule has 0 saturated carbocycles. The van der Waals surface area contributed by atoms with Gasteiger partial charge >= 0.3 is 0 Å². The van der Waals surface area contributed by atoms with E-state index in [2.05, 4.69) is 48.8 Å². The summed E-state index contributed by atoms with van der Waals surface area (Å²) in [6.45, 7) is 10.8. The van der Waals surface area contributed by atoms with Gasteiger partial charge in [0.05, 0.1) is 12.8 Å². The third kappa shape index (κ3) is 3.53. The number of nitrogens with one attached hydrogen (secondary N) is 1. The van der Waals surface area contributed by atoms with E-state index in [4.69, 9.17) is 4.42 Å². The van der Waals surface area contributed by atoms with Crippen molar-refractivity contribution in [2.75, 3.05) is 18.8 Å². The molecule has 102 valence electrons. The molecule has 2 heterocycles. The average molecular weight is 268 g/mol. The van der Waals surface area contributed by atoms with E-state index in [9.17, 15) is 0 Å². The Bertz CT molecular complexity index is 366. The second-order valence-corrected chi connectivity index (χ2v) is 6.47. The lowest BCUT2D eigenvalue weighted by molar-refractivity contribution is 0.189. The van der Waals surface area contributed by atoms with Crippen molar-refractivity contribution in [3.8, 4) is 0 Å². The van der Waals surface area contributed by atoms with Crippen molar-refractivity contribution in [3.63, 3.8) is 0 Å². The molecule has 0 radical (unpaired) electrons. The van der Waals surface area contributed by atoms with Gasteiger partial charge in [0.2, 0.25) is 0 Å². The van der Waals surface area contributed by atoms with E-state index >= 15 is 0 Å². The molecule has 1 aliphatic heterocycles. The van der Waals surface area contributed by atoms with Crippen LogP contribution in [-0.4, -0.2) is 35.0 Å². The molecule has 3 nitrogen and oxygen atoms in total. The predicted octanol–water partition coefficient (Wildman–Crippen LogP) is 2.71. The second-order valence-electron chi connectivity index (χ2n) is 4.99. The highest BCUT2D eigenvalue weighted by atomic mass is 32.2. The lowest BCUT2D eigenvalue weighted by atomic mass is 10.2. The van der Waals surface area contributed by atoms with E-state index < -0.39 is 0 Å². The first kappa shape index (κ1) is 14.0. The molecule has 1 aliphatic rings. The molecule has 1 saturated heterocycles. The van der Waals surface area contributed by atoms with Crippen molar-refractivity contribution >= 4 is 11.8 Å². The van der Waals surface area contributed by atoms with Crippen molar-refractivity contribution in [2.24, 2.45) is 0 Å². The first-order valence-electron chi connectivity index (χ1n) is 6.83. The van der Waals surface area contributed by atoms with Crippen molar-refractivity contribution in [2.45, 2.75) is 45.2 Å². The van der Waals surface area contributed by atoms with Crippen LogP contribution in [0.5, 0.6) is 0 Å². The zero-order valence-corrected chi connectivity index (χ0v) is 12.4. The number of rotatable bonds is 5. The predicted molar refractivity (Wildman–Crippen MR) is 77.9 cm³/mol. The Hall–Kier alpha value is -0.450. The molecule has 1 aromatic rings. The maximum absolute atomic E-state index is 5.66. The minimum absolute atomic E-state index is 0.631. The lowest BCUT2D eigenvalue weighted by Gasteiger charge is -2.36. The van der Waals surface area contributed by atoms with E-state index in [0.717, 1.165) is 30.6 Å². The summed E-state index contributed by atoms with van der Waals surface area (Å²) < 4.78 is 5.66. The second kappa shape index (κ2) is 6.64. The Balaban J connectivity index is 1.90. The summed E-state index contributed by atoms with van der Waals surface area (Å²) in [6, 6.07) is 2.81. The van der Waals surface area contributed by atoms with Gasteiger partial charge in [0.1, 0.15) is 5.76 Å². The van der Waals surface area contributed by atoms with Crippen molar-refractivity contribution in [3.05, 3.63) is 23.7 Å². The molecule has 2 unspecified atom stereocenters. The Morgan fingerprint density at radius 3 is 3.11 bits per heavy atom. The van der Waals surface area contributed by atoms with Gasteiger partial charge in [-0.2, -0.15) is 11.8 Å². The number of hydrogen-bond acceptors (Lipinski definition) is 4. The van der Waals surface area contributed by atoms with E-state index in [-0.39, 0.29) is 0 Å². The molecule has 2 atom stereocenters. The maximum Gasteiger partial charge on any atom is 0.118 e. The van der Waals surface area contributed by atoms with E-state index in [1.807, 2.05) is 6.26 Å². The molecule has 2 rings (SSSR count). The summed E-state index contributed by atoms with van der Waals surface area (Å²) >= 11 is 2.07. The van der Waals surface area contributed by atoms with Crippen LogP contribution in [0.2, 0.25) is 0 Å². The van der Waals surface area contributed by atoms with Gasteiger partial charge in [-0.05, 0) is 19.5 Å². The summed E-state index contributed by atoms with van der Waals surface area (Å²) in [4.78, 5) is 2.52. The van der Waals surface area contributed by atoms with Crippen LogP contribution in [0.4, 0.5) is 0 Å². The Kier molecular flexibility index (Phi) is 5.15. The Morgan fingerprint density at radius 1 is 1.50 bits per heavy atom. The summed E-state index contributed by atoms with van der Waals surface area (Å²) in [6.07, 6.45) is 1.88. The van der Waals surface area contributed by atoms with Crippen LogP contribution >= 0.6 is 11.8 Å². The van der Waals surface area contributed by atoms with Crippen LogP contribution in [0.25, 0.3) is 0 Å². The van der Waals surface area contributed by atoms with Crippen LogP contribution in [-0.2, 0) is 13.1 Å². The molecule has 0 aliphatic carbocycles. The minimum atomic E-state index is 0.631. The van der Waals surface area contributed by atoms with E-state index in [1.165, 1.54) is 17.9 Å². The topological polar surface area (TPSA) is 28.4 Å². The number of thioether (sulfide) groups is 1. The summed E-state index contributed by atoms with van der Waals surface area (Å²) in [5, 5.41) is 4.04. The zero-order valence-electron chi connectivity index (χ0n) is 11.6. The van der Waals surface area contributed by atoms with Crippen LogP contribution in [0.3, 0.4) is 0 Å². The van der Waals surface area contributed by atoms with Crippen LogP contribution < -0.4 is 5.32 Å². The Labute approximate surface area is 114 Å².